The number of hydrogen-bond donors (Lipinski definition) is 1. The molecule has 4 aliphatic rings. The largest absolute Gasteiger partial charge is 0.323 e. The molecule has 3 aromatic rings. The standard InChI is InChI=1S/C23H24F2N8O/c24-15-3-4-17(18(25)5-15)21-27-20(28-29-21)14-8-31(9-14)22(34)32-10-23(11-32)6-16(7-23)33-12-26-19(30-33)13-1-2-13/h3-5,12-14,16H,1-2,6-11H2,(H,27,28,29). The molecule has 0 radical (unpaired) electrons. The van der Waals surface area contributed by atoms with Crippen LogP contribution in [0.1, 0.15) is 55.2 Å². The maximum absolute atomic E-state index is 14.0. The van der Waals surface area contributed by atoms with E-state index in [1.54, 1.807) is 0 Å². The lowest BCUT2D eigenvalue weighted by Gasteiger charge is -2.59. The van der Waals surface area contributed by atoms with Gasteiger partial charge in [-0.15, -0.1) is 0 Å². The first-order chi connectivity index (χ1) is 16.5. The lowest BCUT2D eigenvalue weighted by molar-refractivity contribution is -0.0772. The number of benzene rings is 1. The summed E-state index contributed by atoms with van der Waals surface area (Å²) in [4.78, 5) is 25.4. The summed E-state index contributed by atoms with van der Waals surface area (Å²) < 4.78 is 29.2. The topological polar surface area (TPSA) is 95.8 Å². The maximum atomic E-state index is 14.0. The van der Waals surface area contributed by atoms with Crippen LogP contribution in [-0.2, 0) is 0 Å². The second-order valence-electron chi connectivity index (χ2n) is 10.3. The molecule has 1 aromatic carbocycles. The van der Waals surface area contributed by atoms with E-state index in [1.165, 1.54) is 25.0 Å². The minimum atomic E-state index is -0.701. The Kier molecular flexibility index (Phi) is 4.16. The van der Waals surface area contributed by atoms with Crippen LogP contribution in [-0.4, -0.2) is 72.0 Å². The molecule has 9 nitrogen and oxygen atoms in total. The van der Waals surface area contributed by atoms with Crippen LogP contribution in [0, 0.1) is 17.0 Å². The fourth-order valence-corrected chi connectivity index (χ4v) is 5.53. The summed E-state index contributed by atoms with van der Waals surface area (Å²) >= 11 is 0. The number of aromatic nitrogens is 6. The Morgan fingerprint density at radius 1 is 1.09 bits per heavy atom. The quantitative estimate of drug-likeness (QED) is 0.638. The van der Waals surface area contributed by atoms with Crippen molar-refractivity contribution >= 4 is 6.03 Å². The highest BCUT2D eigenvalue weighted by molar-refractivity contribution is 5.77. The van der Waals surface area contributed by atoms with E-state index in [0.29, 0.717) is 30.9 Å². The third-order valence-corrected chi connectivity index (χ3v) is 7.72. The lowest BCUT2D eigenvalue weighted by atomic mass is 9.61. The molecule has 0 unspecified atom stereocenters. The summed E-state index contributed by atoms with van der Waals surface area (Å²) in [5.41, 5.74) is 0.380. The van der Waals surface area contributed by atoms with E-state index in [0.717, 1.165) is 37.8 Å². The van der Waals surface area contributed by atoms with E-state index >= 15 is 0 Å². The summed E-state index contributed by atoms with van der Waals surface area (Å²) in [7, 11) is 0. The molecular formula is C23H24F2N8O. The van der Waals surface area contributed by atoms with Crippen molar-refractivity contribution in [3.8, 4) is 11.4 Å². The number of nitrogens with one attached hydrogen (secondary N) is 1. The Hall–Kier alpha value is -3.37. The van der Waals surface area contributed by atoms with Gasteiger partial charge in [-0.25, -0.2) is 28.2 Å². The molecular weight excluding hydrogens is 442 g/mol. The van der Waals surface area contributed by atoms with Gasteiger partial charge in [-0.2, -0.15) is 10.2 Å². The fourth-order valence-electron chi connectivity index (χ4n) is 5.53. The highest BCUT2D eigenvalue weighted by Gasteiger charge is 2.55. The molecule has 2 aliphatic carbocycles. The number of H-pyrrole nitrogens is 1. The monoisotopic (exact) mass is 466 g/mol. The van der Waals surface area contributed by atoms with Crippen molar-refractivity contribution in [2.75, 3.05) is 26.2 Å². The van der Waals surface area contributed by atoms with Gasteiger partial charge in [-0.1, -0.05) is 0 Å². The van der Waals surface area contributed by atoms with Crippen LogP contribution < -0.4 is 0 Å². The molecule has 2 saturated carbocycles. The molecule has 7 rings (SSSR count). The molecule has 4 fully saturated rings. The fraction of sp³-hybridized carbons (Fsp3) is 0.522. The van der Waals surface area contributed by atoms with Gasteiger partial charge in [0.05, 0.1) is 17.5 Å². The Labute approximate surface area is 194 Å². The van der Waals surface area contributed by atoms with E-state index in [1.807, 2.05) is 20.8 Å². The van der Waals surface area contributed by atoms with E-state index < -0.39 is 11.6 Å². The van der Waals surface area contributed by atoms with Crippen LogP contribution in [0.4, 0.5) is 13.6 Å². The van der Waals surface area contributed by atoms with Gasteiger partial charge in [0, 0.05) is 43.6 Å². The van der Waals surface area contributed by atoms with E-state index in [-0.39, 0.29) is 28.8 Å². The summed E-state index contributed by atoms with van der Waals surface area (Å²) in [5, 5.41) is 11.6. The first kappa shape index (κ1) is 20.0. The van der Waals surface area contributed by atoms with Gasteiger partial charge >= 0.3 is 6.03 Å². The van der Waals surface area contributed by atoms with Crippen molar-refractivity contribution in [3.05, 3.63) is 47.8 Å². The van der Waals surface area contributed by atoms with Crippen LogP contribution in [0.25, 0.3) is 11.4 Å². The van der Waals surface area contributed by atoms with Crippen molar-refractivity contribution in [2.45, 2.75) is 43.6 Å². The Morgan fingerprint density at radius 3 is 2.62 bits per heavy atom. The molecule has 34 heavy (non-hydrogen) atoms. The minimum absolute atomic E-state index is 0.0324. The van der Waals surface area contributed by atoms with Crippen molar-refractivity contribution < 1.29 is 13.6 Å². The molecule has 4 heterocycles. The van der Waals surface area contributed by atoms with Gasteiger partial charge in [0.2, 0.25) is 0 Å². The molecule has 176 valence electrons. The van der Waals surface area contributed by atoms with Gasteiger partial charge in [0.15, 0.2) is 11.6 Å². The summed E-state index contributed by atoms with van der Waals surface area (Å²) in [5.74, 6) is 1.05. The second kappa shape index (κ2) is 7.07. The molecule has 0 atom stereocenters. The number of halogens is 2. The van der Waals surface area contributed by atoms with Crippen molar-refractivity contribution in [3.63, 3.8) is 0 Å². The van der Waals surface area contributed by atoms with Gasteiger partial charge in [0.25, 0.3) is 0 Å². The number of aromatic amines is 1. The van der Waals surface area contributed by atoms with Crippen LogP contribution in [0.2, 0.25) is 0 Å². The molecule has 2 amide bonds. The van der Waals surface area contributed by atoms with E-state index in [9.17, 15) is 13.6 Å². The summed E-state index contributed by atoms with van der Waals surface area (Å²) in [6.45, 7) is 2.69. The summed E-state index contributed by atoms with van der Waals surface area (Å²) in [6.07, 6.45) is 6.38. The highest BCUT2D eigenvalue weighted by atomic mass is 19.1. The number of likely N-dealkylation sites (tertiary alicyclic amines) is 2. The molecule has 0 bridgehead atoms. The van der Waals surface area contributed by atoms with Gasteiger partial charge in [0.1, 0.15) is 23.8 Å². The van der Waals surface area contributed by atoms with Crippen LogP contribution in [0.15, 0.2) is 24.5 Å². The third kappa shape index (κ3) is 3.20. The number of nitrogens with zero attached hydrogens (tertiary/aromatic N) is 7. The van der Waals surface area contributed by atoms with E-state index in [4.69, 9.17) is 0 Å². The van der Waals surface area contributed by atoms with Crippen LogP contribution >= 0.6 is 0 Å². The molecule has 2 aromatic heterocycles. The van der Waals surface area contributed by atoms with Crippen LogP contribution in [0.5, 0.6) is 0 Å². The zero-order chi connectivity index (χ0) is 23.0. The lowest BCUT2D eigenvalue weighted by Crippen LogP contribution is -2.67. The second-order valence-corrected chi connectivity index (χ2v) is 10.3. The normalized spacial score (nSPS) is 21.9. The number of carbonyl (C=O) groups excluding carboxylic acids is 1. The zero-order valence-corrected chi connectivity index (χ0v) is 18.5. The van der Waals surface area contributed by atoms with Crippen molar-refractivity contribution in [1.29, 1.82) is 0 Å². The third-order valence-electron chi connectivity index (χ3n) is 7.72. The predicted octanol–water partition coefficient (Wildman–Crippen LogP) is 3.08. The molecule has 11 heteroatoms. The average Bonchev–Trinajstić information content (AvgIpc) is 3.25. The number of rotatable bonds is 4. The Bertz CT molecular complexity index is 1260. The first-order valence-corrected chi connectivity index (χ1v) is 11.8. The first-order valence-electron chi connectivity index (χ1n) is 11.8. The predicted molar refractivity (Wildman–Crippen MR) is 116 cm³/mol. The van der Waals surface area contributed by atoms with E-state index in [2.05, 4.69) is 25.3 Å². The summed E-state index contributed by atoms with van der Waals surface area (Å²) in [6, 6.07) is 3.79. The number of amides is 2. The minimum Gasteiger partial charge on any atom is -0.323 e. The number of carbonyl (C=O) groups is 1. The zero-order valence-electron chi connectivity index (χ0n) is 18.5. The van der Waals surface area contributed by atoms with Gasteiger partial charge < -0.3 is 9.80 Å². The average molecular weight is 466 g/mol. The van der Waals surface area contributed by atoms with Gasteiger partial charge in [-0.3, -0.25) is 5.10 Å². The molecule has 2 saturated heterocycles. The SMILES string of the molecule is O=C(N1CC(c2nc(-c3ccc(F)cc3F)n[nH]2)C1)N1CC2(CC(n3cnc(C4CC4)n3)C2)C1. The van der Waals surface area contributed by atoms with Crippen LogP contribution in [0.3, 0.4) is 0 Å². The smallest absolute Gasteiger partial charge is 0.320 e. The molecule has 1 N–H and O–H groups in total. The highest BCUT2D eigenvalue weighted by Crippen LogP contribution is 2.54. The molecule has 1 spiro atoms. The van der Waals surface area contributed by atoms with Crippen molar-refractivity contribution in [1.82, 2.24) is 39.7 Å². The molecule has 2 aliphatic heterocycles. The Balaban J connectivity index is 0.906. The number of hydrogen-bond acceptors (Lipinski definition) is 5. The number of urea groups is 1. The Morgan fingerprint density at radius 2 is 1.88 bits per heavy atom. The van der Waals surface area contributed by atoms with Gasteiger partial charge in [-0.05, 0) is 37.8 Å². The maximum Gasteiger partial charge on any atom is 0.320 e. The van der Waals surface area contributed by atoms with Crippen molar-refractivity contribution in [2.24, 2.45) is 5.41 Å².